The molecule has 1 unspecified atom stereocenters. The summed E-state index contributed by atoms with van der Waals surface area (Å²) in [4.78, 5) is 32.5. The Hall–Kier alpha value is -2.77. The van der Waals surface area contributed by atoms with Crippen molar-refractivity contribution in [2.45, 2.75) is 24.9 Å². The summed E-state index contributed by atoms with van der Waals surface area (Å²) in [6, 6.07) is 15.7. The molecule has 0 aromatic heterocycles. The number of piperazine rings is 1. The number of nitrogens with one attached hydrogen (secondary N) is 1. The molecule has 6 nitrogen and oxygen atoms in total. The van der Waals surface area contributed by atoms with Crippen LogP contribution < -0.4 is 5.32 Å². The molecule has 0 spiro atoms. The molecule has 0 saturated carbocycles. The predicted molar refractivity (Wildman–Crippen MR) is 122 cm³/mol. The zero-order chi connectivity index (χ0) is 22.5. The van der Waals surface area contributed by atoms with Gasteiger partial charge in [0.15, 0.2) is 0 Å². The molecule has 0 aliphatic carbocycles. The maximum absolute atomic E-state index is 13.9. The van der Waals surface area contributed by atoms with Crippen LogP contribution in [0, 0.1) is 5.82 Å². The maximum atomic E-state index is 13.9. The summed E-state index contributed by atoms with van der Waals surface area (Å²) >= 11 is 0. The van der Waals surface area contributed by atoms with Gasteiger partial charge in [-0.25, -0.2) is 4.39 Å². The lowest BCUT2D eigenvalue weighted by Crippen LogP contribution is -2.53. The Morgan fingerprint density at radius 3 is 2.19 bits per heavy atom. The van der Waals surface area contributed by atoms with Gasteiger partial charge in [0.2, 0.25) is 5.91 Å². The molecule has 0 bridgehead atoms. The fraction of sp³-hybridized carbons (Fsp3) is 0.440. The van der Waals surface area contributed by atoms with E-state index in [9.17, 15) is 14.0 Å². The van der Waals surface area contributed by atoms with Gasteiger partial charge in [-0.3, -0.25) is 14.5 Å². The van der Waals surface area contributed by atoms with E-state index in [1.54, 1.807) is 12.1 Å². The third-order valence-electron chi connectivity index (χ3n) is 6.51. The molecule has 4 rings (SSSR count). The van der Waals surface area contributed by atoms with E-state index in [2.05, 4.69) is 22.2 Å². The van der Waals surface area contributed by atoms with Crippen molar-refractivity contribution >= 4 is 11.8 Å². The van der Waals surface area contributed by atoms with Crippen molar-refractivity contribution in [2.24, 2.45) is 0 Å². The van der Waals surface area contributed by atoms with Crippen LogP contribution >= 0.6 is 0 Å². The lowest BCUT2D eigenvalue weighted by molar-refractivity contribution is -0.139. The molecule has 2 heterocycles. The predicted octanol–water partition coefficient (Wildman–Crippen LogP) is 2.54. The molecule has 0 radical (unpaired) electrons. The number of hydrogen-bond donors (Lipinski definition) is 1. The smallest absolute Gasteiger partial charge is 0.254 e. The Bertz CT molecular complexity index is 923. The van der Waals surface area contributed by atoms with Crippen LogP contribution in [0.3, 0.4) is 0 Å². The van der Waals surface area contributed by atoms with Gasteiger partial charge in [0.1, 0.15) is 11.9 Å². The number of likely N-dealkylation sites (N-methyl/N-ethyl adjacent to an activating group) is 1. The molecule has 2 saturated heterocycles. The van der Waals surface area contributed by atoms with Gasteiger partial charge in [-0.15, -0.1) is 0 Å². The van der Waals surface area contributed by atoms with Gasteiger partial charge in [-0.2, -0.15) is 0 Å². The summed E-state index contributed by atoms with van der Waals surface area (Å²) in [6.45, 7) is 4.77. The summed E-state index contributed by atoms with van der Waals surface area (Å²) in [5, 5.41) is 2.93. The third kappa shape index (κ3) is 5.16. The summed E-state index contributed by atoms with van der Waals surface area (Å²) in [5.41, 5.74) is 1.09. The van der Waals surface area contributed by atoms with E-state index < -0.39 is 11.7 Å². The second kappa shape index (κ2) is 10.2. The number of hydrogen-bond acceptors (Lipinski definition) is 4. The van der Waals surface area contributed by atoms with Crippen LogP contribution in [-0.4, -0.2) is 78.9 Å². The molecule has 7 heteroatoms. The van der Waals surface area contributed by atoms with Crippen molar-refractivity contribution in [3.05, 3.63) is 71.5 Å². The first-order valence-electron chi connectivity index (χ1n) is 11.3. The summed E-state index contributed by atoms with van der Waals surface area (Å²) < 4.78 is 13.9. The van der Waals surface area contributed by atoms with E-state index in [4.69, 9.17) is 0 Å². The van der Waals surface area contributed by atoms with Crippen molar-refractivity contribution in [1.82, 2.24) is 20.0 Å². The first kappa shape index (κ1) is 22.4. The van der Waals surface area contributed by atoms with Crippen molar-refractivity contribution in [3.63, 3.8) is 0 Å². The number of nitrogens with zero attached hydrogens (tertiary/aromatic N) is 3. The Morgan fingerprint density at radius 1 is 0.906 bits per heavy atom. The summed E-state index contributed by atoms with van der Waals surface area (Å²) in [7, 11) is 2.11. The van der Waals surface area contributed by atoms with Crippen LogP contribution in [0.15, 0.2) is 54.6 Å². The zero-order valence-corrected chi connectivity index (χ0v) is 18.5. The van der Waals surface area contributed by atoms with Gasteiger partial charge in [-0.1, -0.05) is 42.5 Å². The molecular weight excluding hydrogens is 407 g/mol. The van der Waals surface area contributed by atoms with Crippen molar-refractivity contribution in [1.29, 1.82) is 0 Å². The first-order chi connectivity index (χ1) is 15.5. The molecule has 170 valence electrons. The van der Waals surface area contributed by atoms with Gasteiger partial charge < -0.3 is 15.1 Å². The Balaban J connectivity index is 1.39. The van der Waals surface area contributed by atoms with Crippen LogP contribution in [-0.2, 0) is 4.79 Å². The SMILES string of the molecule is CN1CCN(C(C(=O)N2CCC(NC(=O)c3ccccc3F)CC2)c2ccccc2)CC1. The third-order valence-corrected chi connectivity index (χ3v) is 6.51. The highest BCUT2D eigenvalue weighted by molar-refractivity contribution is 5.94. The molecule has 2 aromatic rings. The van der Waals surface area contributed by atoms with E-state index in [-0.39, 0.29) is 23.6 Å². The molecule has 1 N–H and O–H groups in total. The molecule has 1 atom stereocenters. The highest BCUT2D eigenvalue weighted by atomic mass is 19.1. The van der Waals surface area contributed by atoms with E-state index in [1.165, 1.54) is 12.1 Å². The van der Waals surface area contributed by atoms with Gasteiger partial charge in [0.05, 0.1) is 5.56 Å². The van der Waals surface area contributed by atoms with Crippen molar-refractivity contribution < 1.29 is 14.0 Å². The van der Waals surface area contributed by atoms with E-state index in [0.717, 1.165) is 31.7 Å². The van der Waals surface area contributed by atoms with Gasteiger partial charge in [0, 0.05) is 45.3 Å². The fourth-order valence-corrected chi connectivity index (χ4v) is 4.55. The number of halogens is 1. The van der Waals surface area contributed by atoms with Crippen molar-refractivity contribution in [3.8, 4) is 0 Å². The molecule has 2 aliphatic rings. The lowest BCUT2D eigenvalue weighted by Gasteiger charge is -2.41. The molecule has 32 heavy (non-hydrogen) atoms. The fourth-order valence-electron chi connectivity index (χ4n) is 4.55. The van der Waals surface area contributed by atoms with Crippen LogP contribution in [0.2, 0.25) is 0 Å². The second-order valence-electron chi connectivity index (χ2n) is 8.71. The molecular formula is C25H31FN4O2. The quantitative estimate of drug-likeness (QED) is 0.780. The van der Waals surface area contributed by atoms with Crippen LogP contribution in [0.25, 0.3) is 0 Å². The number of benzene rings is 2. The minimum atomic E-state index is -0.518. The topological polar surface area (TPSA) is 55.9 Å². The Kier molecular flexibility index (Phi) is 7.17. The van der Waals surface area contributed by atoms with Crippen LogP contribution in [0.1, 0.15) is 34.8 Å². The highest BCUT2D eigenvalue weighted by Gasteiger charge is 2.34. The lowest BCUT2D eigenvalue weighted by atomic mass is 9.99. The zero-order valence-electron chi connectivity index (χ0n) is 18.5. The van der Waals surface area contributed by atoms with Gasteiger partial charge in [-0.05, 0) is 37.6 Å². The number of carbonyl (C=O) groups excluding carboxylic acids is 2. The number of carbonyl (C=O) groups is 2. The number of amides is 2. The molecule has 2 fully saturated rings. The van der Waals surface area contributed by atoms with E-state index in [0.29, 0.717) is 25.9 Å². The Morgan fingerprint density at radius 2 is 1.53 bits per heavy atom. The largest absolute Gasteiger partial charge is 0.349 e. The van der Waals surface area contributed by atoms with Gasteiger partial charge >= 0.3 is 0 Å². The molecule has 2 aromatic carbocycles. The minimum Gasteiger partial charge on any atom is -0.349 e. The maximum Gasteiger partial charge on any atom is 0.254 e. The van der Waals surface area contributed by atoms with Crippen LogP contribution in [0.5, 0.6) is 0 Å². The van der Waals surface area contributed by atoms with E-state index in [1.807, 2.05) is 35.2 Å². The highest BCUT2D eigenvalue weighted by Crippen LogP contribution is 2.26. The normalized spacial score (nSPS) is 19.5. The number of rotatable bonds is 5. The molecule has 2 aliphatic heterocycles. The Labute approximate surface area is 189 Å². The molecule has 2 amide bonds. The average Bonchev–Trinajstić information content (AvgIpc) is 2.82. The van der Waals surface area contributed by atoms with Gasteiger partial charge in [0.25, 0.3) is 5.91 Å². The first-order valence-corrected chi connectivity index (χ1v) is 11.3. The number of likely N-dealkylation sites (tertiary alicyclic amines) is 1. The van der Waals surface area contributed by atoms with Crippen molar-refractivity contribution in [2.75, 3.05) is 46.3 Å². The summed E-state index contributed by atoms with van der Waals surface area (Å²) in [5.74, 6) is -0.789. The summed E-state index contributed by atoms with van der Waals surface area (Å²) in [6.07, 6.45) is 1.33. The standard InChI is InChI=1S/C25H31FN4O2/c1-28-15-17-29(18-16-28)23(19-7-3-2-4-8-19)25(32)30-13-11-20(12-14-30)27-24(31)21-9-5-6-10-22(21)26/h2-10,20,23H,11-18H2,1H3,(H,27,31). The minimum absolute atomic E-state index is 0.0604. The monoisotopic (exact) mass is 438 g/mol. The van der Waals surface area contributed by atoms with Crippen LogP contribution in [0.4, 0.5) is 4.39 Å². The second-order valence-corrected chi connectivity index (χ2v) is 8.71. The average molecular weight is 439 g/mol. The van der Waals surface area contributed by atoms with E-state index >= 15 is 0 Å². The number of piperidine rings is 1.